The minimum Gasteiger partial charge on any atom is -0.360 e. The van der Waals surface area contributed by atoms with Crippen LogP contribution in [0, 0.1) is 6.92 Å². The van der Waals surface area contributed by atoms with E-state index in [0.717, 1.165) is 11.8 Å². The molecule has 0 saturated carbocycles. The largest absolute Gasteiger partial charge is 0.461 e. The number of nitrogens with one attached hydrogen (secondary N) is 1. The zero-order valence-electron chi connectivity index (χ0n) is 9.61. The minimum atomic E-state index is -5.90. The highest BCUT2D eigenvalue weighted by atomic mass is 19.4. The molecule has 0 bridgehead atoms. The Labute approximate surface area is 104 Å². The van der Waals surface area contributed by atoms with Crippen LogP contribution < -0.4 is 0 Å². The lowest BCUT2D eigenvalue weighted by molar-refractivity contribution is -0.255. The summed E-state index contributed by atoms with van der Waals surface area (Å²) in [5.41, 5.74) is 0.453. The average molecular weight is 277 g/mol. The van der Waals surface area contributed by atoms with E-state index >= 15 is 0 Å². The molecule has 0 aliphatic carbocycles. The number of ketones is 1. The van der Waals surface area contributed by atoms with Crippen LogP contribution in [-0.4, -0.2) is 22.9 Å². The zero-order chi connectivity index (χ0) is 14.4. The van der Waals surface area contributed by atoms with Gasteiger partial charge in [-0.25, -0.2) is 0 Å². The first-order valence-electron chi connectivity index (χ1n) is 5.21. The van der Waals surface area contributed by atoms with Crippen LogP contribution in [0.15, 0.2) is 24.4 Å². The number of hydrogen-bond acceptors (Lipinski definition) is 1. The first-order chi connectivity index (χ1) is 8.64. The SMILES string of the molecule is Cc1ccc2c(C(=O)C(F)(F)C(F)(F)F)c[nH]c2c1. The number of benzene rings is 1. The zero-order valence-corrected chi connectivity index (χ0v) is 9.61. The van der Waals surface area contributed by atoms with Crippen LogP contribution in [-0.2, 0) is 0 Å². The Balaban J connectivity index is 2.54. The highest BCUT2D eigenvalue weighted by Gasteiger charge is 2.63. The van der Waals surface area contributed by atoms with Gasteiger partial charge in [0.05, 0.1) is 0 Å². The minimum absolute atomic E-state index is 0.0412. The number of hydrogen-bond donors (Lipinski definition) is 1. The predicted octanol–water partition coefficient (Wildman–Crippen LogP) is 3.86. The lowest BCUT2D eigenvalue weighted by Gasteiger charge is -2.17. The number of carbonyl (C=O) groups excluding carboxylic acids is 1. The second-order valence-corrected chi connectivity index (χ2v) is 4.15. The van der Waals surface area contributed by atoms with Gasteiger partial charge >= 0.3 is 12.1 Å². The molecule has 0 saturated heterocycles. The molecule has 2 aromatic rings. The van der Waals surface area contributed by atoms with Crippen LogP contribution in [0.4, 0.5) is 22.0 Å². The van der Waals surface area contributed by atoms with Gasteiger partial charge < -0.3 is 4.98 Å². The summed E-state index contributed by atoms with van der Waals surface area (Å²) >= 11 is 0. The lowest BCUT2D eigenvalue weighted by Crippen LogP contribution is -2.44. The molecule has 7 heteroatoms. The molecule has 0 amide bonds. The number of fused-ring (bicyclic) bond motifs is 1. The van der Waals surface area contributed by atoms with Crippen molar-refractivity contribution in [3.63, 3.8) is 0 Å². The first kappa shape index (κ1) is 13.5. The van der Waals surface area contributed by atoms with E-state index in [4.69, 9.17) is 0 Å². The molecule has 0 unspecified atom stereocenters. The Morgan fingerprint density at radius 1 is 1.16 bits per heavy atom. The highest BCUT2D eigenvalue weighted by molar-refractivity contribution is 6.11. The van der Waals surface area contributed by atoms with Crippen molar-refractivity contribution in [3.05, 3.63) is 35.5 Å². The molecular formula is C12H8F5NO. The number of rotatable bonds is 2. The van der Waals surface area contributed by atoms with Gasteiger partial charge in [-0.2, -0.15) is 22.0 Å². The lowest BCUT2D eigenvalue weighted by atomic mass is 10.0. The summed E-state index contributed by atoms with van der Waals surface area (Å²) in [4.78, 5) is 13.9. The molecule has 19 heavy (non-hydrogen) atoms. The Hall–Kier alpha value is -1.92. The van der Waals surface area contributed by atoms with Crippen molar-refractivity contribution in [2.75, 3.05) is 0 Å². The maximum absolute atomic E-state index is 13.0. The number of carbonyl (C=O) groups is 1. The van der Waals surface area contributed by atoms with Gasteiger partial charge in [-0.3, -0.25) is 4.79 Å². The van der Waals surface area contributed by atoms with Gasteiger partial charge in [0.15, 0.2) is 0 Å². The Morgan fingerprint density at radius 3 is 2.37 bits per heavy atom. The van der Waals surface area contributed by atoms with Gasteiger partial charge in [-0.05, 0) is 18.6 Å². The molecule has 0 atom stereocenters. The van der Waals surface area contributed by atoms with E-state index in [1.165, 1.54) is 12.1 Å². The summed E-state index contributed by atoms with van der Waals surface area (Å²) in [7, 11) is 0. The van der Waals surface area contributed by atoms with E-state index < -0.39 is 23.4 Å². The molecule has 2 rings (SSSR count). The van der Waals surface area contributed by atoms with Gasteiger partial charge in [-0.15, -0.1) is 0 Å². The van der Waals surface area contributed by atoms with Crippen molar-refractivity contribution < 1.29 is 26.7 Å². The third-order valence-corrected chi connectivity index (χ3v) is 2.72. The summed E-state index contributed by atoms with van der Waals surface area (Å²) < 4.78 is 62.5. The fourth-order valence-corrected chi connectivity index (χ4v) is 1.73. The summed E-state index contributed by atoms with van der Waals surface area (Å²) in [5.74, 6) is -7.65. The van der Waals surface area contributed by atoms with Crippen LogP contribution in [0.2, 0.25) is 0 Å². The topological polar surface area (TPSA) is 32.9 Å². The van der Waals surface area contributed by atoms with Gasteiger partial charge in [0.2, 0.25) is 5.78 Å². The van der Waals surface area contributed by atoms with Crippen molar-refractivity contribution >= 4 is 16.7 Å². The van der Waals surface area contributed by atoms with E-state index in [1.807, 2.05) is 0 Å². The third kappa shape index (κ3) is 2.09. The first-order valence-corrected chi connectivity index (χ1v) is 5.21. The number of aromatic nitrogens is 1. The summed E-state index contributed by atoms with van der Waals surface area (Å²) in [5, 5.41) is 0.0412. The van der Waals surface area contributed by atoms with Gasteiger partial charge in [-0.1, -0.05) is 12.1 Å². The number of halogens is 5. The maximum atomic E-state index is 13.0. The van der Waals surface area contributed by atoms with Gasteiger partial charge in [0.1, 0.15) is 0 Å². The third-order valence-electron chi connectivity index (χ3n) is 2.72. The Kier molecular flexibility index (Phi) is 2.87. The molecule has 1 aromatic carbocycles. The van der Waals surface area contributed by atoms with Crippen LogP contribution in [0.5, 0.6) is 0 Å². The maximum Gasteiger partial charge on any atom is 0.461 e. The second kappa shape index (κ2) is 4.04. The molecular weight excluding hydrogens is 269 g/mol. The predicted molar refractivity (Wildman–Crippen MR) is 58.4 cm³/mol. The quantitative estimate of drug-likeness (QED) is 0.656. The number of aryl methyl sites for hydroxylation is 1. The summed E-state index contributed by atoms with van der Waals surface area (Å²) in [6.45, 7) is 1.73. The molecule has 0 radical (unpaired) electrons. The fraction of sp³-hybridized carbons (Fsp3) is 0.250. The van der Waals surface area contributed by atoms with E-state index in [0.29, 0.717) is 5.52 Å². The average Bonchev–Trinajstić information content (AvgIpc) is 2.69. The van der Waals surface area contributed by atoms with Crippen molar-refractivity contribution in [2.24, 2.45) is 0 Å². The van der Waals surface area contributed by atoms with Crippen LogP contribution >= 0.6 is 0 Å². The van der Waals surface area contributed by atoms with Crippen molar-refractivity contribution in [1.82, 2.24) is 4.98 Å². The van der Waals surface area contributed by atoms with Crippen molar-refractivity contribution in [1.29, 1.82) is 0 Å². The summed E-state index contributed by atoms with van der Waals surface area (Å²) in [6.07, 6.45) is -5.04. The number of aromatic amines is 1. The smallest absolute Gasteiger partial charge is 0.360 e. The van der Waals surface area contributed by atoms with Crippen LogP contribution in [0.3, 0.4) is 0 Å². The van der Waals surface area contributed by atoms with Crippen LogP contribution in [0.1, 0.15) is 15.9 Å². The second-order valence-electron chi connectivity index (χ2n) is 4.15. The molecule has 0 aliphatic heterocycles. The molecule has 0 fully saturated rings. The fourth-order valence-electron chi connectivity index (χ4n) is 1.73. The normalized spacial score (nSPS) is 12.9. The van der Waals surface area contributed by atoms with E-state index in [-0.39, 0.29) is 5.39 Å². The molecule has 1 heterocycles. The number of H-pyrrole nitrogens is 1. The van der Waals surface area contributed by atoms with E-state index in [1.54, 1.807) is 13.0 Å². The molecule has 1 N–H and O–H groups in total. The van der Waals surface area contributed by atoms with E-state index in [9.17, 15) is 26.7 Å². The molecule has 2 nitrogen and oxygen atoms in total. The molecule has 0 spiro atoms. The van der Waals surface area contributed by atoms with E-state index in [2.05, 4.69) is 4.98 Å². The number of Topliss-reactive ketones (excluding diaryl/α,β-unsaturated/α-hetero) is 1. The van der Waals surface area contributed by atoms with Gasteiger partial charge in [0, 0.05) is 22.7 Å². The molecule has 102 valence electrons. The number of alkyl halides is 5. The molecule has 1 aromatic heterocycles. The summed E-state index contributed by atoms with van der Waals surface area (Å²) in [6, 6.07) is 4.41. The molecule has 0 aliphatic rings. The standard InChI is InChI=1S/C12H8F5NO/c1-6-2-3-7-8(5-18-9(7)4-6)10(19)11(13,14)12(15,16)17/h2-5,18H,1H3. The highest BCUT2D eigenvalue weighted by Crippen LogP contribution is 2.39. The van der Waals surface area contributed by atoms with Gasteiger partial charge in [0.25, 0.3) is 0 Å². The Morgan fingerprint density at radius 2 is 1.79 bits per heavy atom. The van der Waals surface area contributed by atoms with Crippen LogP contribution in [0.25, 0.3) is 10.9 Å². The Bertz CT molecular complexity index is 641. The van der Waals surface area contributed by atoms with Crippen molar-refractivity contribution in [2.45, 2.75) is 19.0 Å². The van der Waals surface area contributed by atoms with Crippen molar-refractivity contribution in [3.8, 4) is 0 Å². The monoisotopic (exact) mass is 277 g/mol.